The van der Waals surface area contributed by atoms with Crippen LogP contribution < -0.4 is 5.56 Å². The van der Waals surface area contributed by atoms with E-state index in [2.05, 4.69) is 22.0 Å². The maximum absolute atomic E-state index is 12.9. The highest BCUT2D eigenvalue weighted by molar-refractivity contribution is 7.99. The average Bonchev–Trinajstić information content (AvgIpc) is 2.70. The van der Waals surface area contributed by atoms with Gasteiger partial charge in [0.1, 0.15) is 11.6 Å². The molecule has 0 radical (unpaired) electrons. The predicted molar refractivity (Wildman–Crippen MR) is 106 cm³/mol. The molecule has 0 aliphatic carbocycles. The van der Waals surface area contributed by atoms with Crippen LogP contribution >= 0.6 is 23.4 Å². The summed E-state index contributed by atoms with van der Waals surface area (Å²) in [6.07, 6.45) is 0. The second-order valence-electron chi connectivity index (χ2n) is 6.20. The molecule has 3 aromatic rings. The summed E-state index contributed by atoms with van der Waals surface area (Å²) < 4.78 is 1.58. The van der Waals surface area contributed by atoms with Gasteiger partial charge in [0, 0.05) is 17.1 Å². The number of thioether (sulfide) groups is 1. The third kappa shape index (κ3) is 3.62. The van der Waals surface area contributed by atoms with Crippen molar-refractivity contribution in [2.24, 2.45) is 0 Å². The number of nitriles is 1. The van der Waals surface area contributed by atoms with Gasteiger partial charge in [-0.15, -0.1) is 0 Å². The molecule has 134 valence electrons. The van der Waals surface area contributed by atoms with Gasteiger partial charge in [-0.05, 0) is 17.7 Å². The zero-order chi connectivity index (χ0) is 18.8. The van der Waals surface area contributed by atoms with Crippen LogP contribution in [0.4, 0.5) is 0 Å². The summed E-state index contributed by atoms with van der Waals surface area (Å²) in [6.45, 7) is 1.15. The summed E-state index contributed by atoms with van der Waals surface area (Å²) >= 11 is 7.44. The van der Waals surface area contributed by atoms with E-state index >= 15 is 0 Å². The van der Waals surface area contributed by atoms with E-state index in [9.17, 15) is 10.1 Å². The first-order chi connectivity index (χ1) is 13.2. The van der Waals surface area contributed by atoms with E-state index < -0.39 is 0 Å². The Kier molecular flexibility index (Phi) is 4.99. The maximum Gasteiger partial charge on any atom is 0.273 e. The molecule has 0 N–H and O–H groups in total. The second-order valence-corrected chi connectivity index (χ2v) is 7.55. The van der Waals surface area contributed by atoms with Crippen LogP contribution in [-0.4, -0.2) is 20.3 Å². The lowest BCUT2D eigenvalue weighted by Crippen LogP contribution is -2.38. The van der Waals surface area contributed by atoms with E-state index in [1.54, 1.807) is 28.8 Å². The van der Waals surface area contributed by atoms with Gasteiger partial charge in [0.05, 0.1) is 18.2 Å². The molecule has 0 atom stereocenters. The van der Waals surface area contributed by atoms with Crippen molar-refractivity contribution in [3.63, 3.8) is 0 Å². The smallest absolute Gasteiger partial charge is 0.273 e. The van der Waals surface area contributed by atoms with Gasteiger partial charge in [0.25, 0.3) is 5.56 Å². The summed E-state index contributed by atoms with van der Waals surface area (Å²) in [5.41, 5.74) is 2.06. The van der Waals surface area contributed by atoms with Crippen molar-refractivity contribution in [3.05, 3.63) is 81.1 Å². The molecule has 0 fully saturated rings. The number of fused-ring (bicyclic) bond motifs is 1. The molecule has 5 nitrogen and oxygen atoms in total. The highest BCUT2D eigenvalue weighted by atomic mass is 35.5. The lowest BCUT2D eigenvalue weighted by molar-refractivity contribution is 0.222. The van der Waals surface area contributed by atoms with Crippen LogP contribution in [0.15, 0.2) is 64.5 Å². The number of halogens is 1. The summed E-state index contributed by atoms with van der Waals surface area (Å²) in [4.78, 5) is 19.7. The molecule has 0 saturated carbocycles. The largest absolute Gasteiger partial charge is 0.273 e. The molecular weight excluding hydrogens is 380 g/mol. The fourth-order valence-electron chi connectivity index (χ4n) is 3.01. The minimum absolute atomic E-state index is 0.0585. The van der Waals surface area contributed by atoms with E-state index in [-0.39, 0.29) is 11.1 Å². The van der Waals surface area contributed by atoms with Crippen LogP contribution in [0, 0.1) is 11.3 Å². The minimum Gasteiger partial charge on any atom is -0.273 e. The van der Waals surface area contributed by atoms with Crippen molar-refractivity contribution < 1.29 is 0 Å². The Balaban J connectivity index is 1.70. The summed E-state index contributed by atoms with van der Waals surface area (Å²) in [7, 11) is 0. The predicted octanol–water partition coefficient (Wildman–Crippen LogP) is 3.96. The number of rotatable bonds is 3. The molecule has 2 aromatic carbocycles. The average molecular weight is 395 g/mol. The Morgan fingerprint density at radius 2 is 1.89 bits per heavy atom. The number of nitrogens with zero attached hydrogens (tertiary/aromatic N) is 4. The van der Waals surface area contributed by atoms with Crippen LogP contribution in [-0.2, 0) is 13.2 Å². The Bertz CT molecular complexity index is 1070. The van der Waals surface area contributed by atoms with Crippen molar-refractivity contribution in [3.8, 4) is 17.3 Å². The van der Waals surface area contributed by atoms with Crippen LogP contribution in [0.5, 0.6) is 0 Å². The molecule has 0 bridgehead atoms. The number of benzene rings is 2. The van der Waals surface area contributed by atoms with E-state index in [1.807, 2.05) is 24.3 Å². The topological polar surface area (TPSA) is 61.9 Å². The van der Waals surface area contributed by atoms with Gasteiger partial charge < -0.3 is 0 Å². The quantitative estimate of drug-likeness (QED) is 0.629. The molecule has 1 aliphatic heterocycles. The van der Waals surface area contributed by atoms with Gasteiger partial charge >= 0.3 is 0 Å². The summed E-state index contributed by atoms with van der Waals surface area (Å²) in [6, 6.07) is 19.1. The standard InChI is InChI=1S/C20H15ClN4OS/c21-16-8-6-15(7-9-16)18-17(10-22)19(26)25-12-24(13-27-20(25)23-18)11-14-4-2-1-3-5-14/h1-9H,11-13H2. The van der Waals surface area contributed by atoms with Crippen LogP contribution in [0.3, 0.4) is 0 Å². The van der Waals surface area contributed by atoms with Crippen molar-refractivity contribution >= 4 is 23.4 Å². The molecule has 27 heavy (non-hydrogen) atoms. The van der Waals surface area contributed by atoms with E-state index in [0.717, 1.165) is 12.4 Å². The molecule has 0 amide bonds. The van der Waals surface area contributed by atoms with Gasteiger partial charge in [0.15, 0.2) is 5.16 Å². The highest BCUT2D eigenvalue weighted by Gasteiger charge is 2.23. The third-order valence-corrected chi connectivity index (χ3v) is 5.65. The lowest BCUT2D eigenvalue weighted by Gasteiger charge is -2.29. The van der Waals surface area contributed by atoms with E-state index in [0.29, 0.717) is 28.1 Å². The first-order valence-corrected chi connectivity index (χ1v) is 9.72. The third-order valence-electron chi connectivity index (χ3n) is 4.33. The molecule has 0 spiro atoms. The zero-order valence-electron chi connectivity index (χ0n) is 14.3. The van der Waals surface area contributed by atoms with Gasteiger partial charge in [-0.3, -0.25) is 14.3 Å². The van der Waals surface area contributed by atoms with Gasteiger partial charge in [0.2, 0.25) is 0 Å². The van der Waals surface area contributed by atoms with Gasteiger partial charge in [-0.25, -0.2) is 4.98 Å². The van der Waals surface area contributed by atoms with E-state index in [4.69, 9.17) is 11.6 Å². The molecule has 2 heterocycles. The Labute approximate surface area is 165 Å². The molecule has 0 unspecified atom stereocenters. The molecule has 0 saturated heterocycles. The number of aromatic nitrogens is 2. The first-order valence-electron chi connectivity index (χ1n) is 8.35. The second kappa shape index (κ2) is 7.57. The van der Waals surface area contributed by atoms with Gasteiger partial charge in [-0.1, -0.05) is 65.8 Å². The number of hydrogen-bond donors (Lipinski definition) is 0. The number of hydrogen-bond acceptors (Lipinski definition) is 5. The normalized spacial score (nSPS) is 13.8. The highest BCUT2D eigenvalue weighted by Crippen LogP contribution is 2.28. The van der Waals surface area contributed by atoms with Crippen LogP contribution in [0.2, 0.25) is 5.02 Å². The SMILES string of the molecule is N#Cc1c(-c2ccc(Cl)cc2)nc2n(c1=O)CN(Cc1ccccc1)CS2. The van der Waals surface area contributed by atoms with Crippen molar-refractivity contribution in [1.29, 1.82) is 5.26 Å². The Hall–Kier alpha value is -2.59. The molecule has 1 aliphatic rings. The first kappa shape index (κ1) is 17.8. The van der Waals surface area contributed by atoms with Gasteiger partial charge in [-0.2, -0.15) is 5.26 Å². The molecule has 4 rings (SSSR count). The molecule has 1 aromatic heterocycles. The van der Waals surface area contributed by atoms with Crippen molar-refractivity contribution in [2.75, 3.05) is 5.88 Å². The summed E-state index contributed by atoms with van der Waals surface area (Å²) in [5.74, 6) is 0.729. The Morgan fingerprint density at radius 3 is 2.59 bits per heavy atom. The van der Waals surface area contributed by atoms with Crippen molar-refractivity contribution in [2.45, 2.75) is 18.4 Å². The summed E-state index contributed by atoms with van der Waals surface area (Å²) in [5, 5.41) is 10.8. The molecular formula is C20H15ClN4OS. The monoisotopic (exact) mass is 394 g/mol. The fraction of sp³-hybridized carbons (Fsp3) is 0.150. The Morgan fingerprint density at radius 1 is 1.15 bits per heavy atom. The van der Waals surface area contributed by atoms with Crippen LogP contribution in [0.1, 0.15) is 11.1 Å². The van der Waals surface area contributed by atoms with E-state index in [1.165, 1.54) is 17.3 Å². The lowest BCUT2D eigenvalue weighted by atomic mass is 10.1. The molecule has 7 heteroatoms. The maximum atomic E-state index is 12.9. The zero-order valence-corrected chi connectivity index (χ0v) is 15.9. The minimum atomic E-state index is -0.308. The van der Waals surface area contributed by atoms with Crippen LogP contribution in [0.25, 0.3) is 11.3 Å². The van der Waals surface area contributed by atoms with Crippen molar-refractivity contribution in [1.82, 2.24) is 14.5 Å². The fourth-order valence-corrected chi connectivity index (χ4v) is 4.06.